The van der Waals surface area contributed by atoms with Crippen LogP contribution in [-0.2, 0) is 6.42 Å². The van der Waals surface area contributed by atoms with Gasteiger partial charge in [-0.2, -0.15) is 0 Å². The molecule has 1 heterocycles. The highest BCUT2D eigenvalue weighted by Crippen LogP contribution is 2.22. The first-order valence-corrected chi connectivity index (χ1v) is 3.58. The Kier molecular flexibility index (Phi) is 1.35. The van der Waals surface area contributed by atoms with Gasteiger partial charge in [0.1, 0.15) is 5.75 Å². The van der Waals surface area contributed by atoms with Gasteiger partial charge in [0.2, 0.25) is 0 Å². The average molecular weight is 133 g/mol. The van der Waals surface area contributed by atoms with Crippen molar-refractivity contribution < 1.29 is 4.74 Å². The van der Waals surface area contributed by atoms with Crippen molar-refractivity contribution in [2.24, 2.45) is 0 Å². The van der Waals surface area contributed by atoms with Crippen LogP contribution < -0.4 is 4.74 Å². The monoisotopic (exact) mass is 133 g/mol. The molecule has 1 nitrogen and oxygen atoms in total. The van der Waals surface area contributed by atoms with E-state index in [0.717, 1.165) is 25.2 Å². The van der Waals surface area contributed by atoms with E-state index in [1.54, 1.807) is 0 Å². The van der Waals surface area contributed by atoms with Crippen LogP contribution in [0.5, 0.6) is 5.75 Å². The molecule has 0 bridgehead atoms. The van der Waals surface area contributed by atoms with Crippen LogP contribution >= 0.6 is 0 Å². The molecule has 1 heteroatoms. The number of benzene rings is 1. The zero-order valence-electron chi connectivity index (χ0n) is 5.76. The van der Waals surface area contributed by atoms with Crippen LogP contribution in [0, 0.1) is 6.07 Å². The Balaban J connectivity index is 2.41. The summed E-state index contributed by atoms with van der Waals surface area (Å²) in [5.41, 5.74) is 1.30. The number of fused-ring (bicyclic) bond motifs is 1. The minimum atomic E-state index is 0.872. The molecule has 51 valence electrons. The first-order chi connectivity index (χ1) is 4.97. The maximum absolute atomic E-state index is 5.40. The third-order valence-corrected chi connectivity index (χ3v) is 1.75. The minimum absolute atomic E-state index is 0.872. The number of hydrogen-bond donors (Lipinski definition) is 0. The number of aryl methyl sites for hydroxylation is 1. The first-order valence-electron chi connectivity index (χ1n) is 3.58. The van der Waals surface area contributed by atoms with Gasteiger partial charge >= 0.3 is 0 Å². The highest BCUT2D eigenvalue weighted by atomic mass is 16.5. The predicted octanol–water partition coefficient (Wildman–Crippen LogP) is 1.81. The molecule has 0 atom stereocenters. The largest absolute Gasteiger partial charge is 0.493 e. The van der Waals surface area contributed by atoms with E-state index in [4.69, 9.17) is 4.74 Å². The highest BCUT2D eigenvalue weighted by molar-refractivity contribution is 5.33. The molecule has 0 saturated carbocycles. The Morgan fingerprint density at radius 1 is 1.50 bits per heavy atom. The van der Waals surface area contributed by atoms with Gasteiger partial charge in [-0.3, -0.25) is 0 Å². The third-order valence-electron chi connectivity index (χ3n) is 1.75. The average Bonchev–Trinajstić information content (AvgIpc) is 2.05. The van der Waals surface area contributed by atoms with Gasteiger partial charge in [-0.15, -0.1) is 0 Å². The van der Waals surface area contributed by atoms with Crippen LogP contribution in [0.2, 0.25) is 0 Å². The molecule has 1 aromatic carbocycles. The summed E-state index contributed by atoms with van der Waals surface area (Å²) >= 11 is 0. The number of ether oxygens (including phenoxy) is 1. The molecule has 1 aromatic rings. The second kappa shape index (κ2) is 2.33. The molecule has 10 heavy (non-hydrogen) atoms. The molecular weight excluding hydrogens is 124 g/mol. The molecule has 0 saturated heterocycles. The van der Waals surface area contributed by atoms with Gasteiger partial charge in [-0.05, 0) is 36.6 Å². The standard InChI is InChI=1S/C9H9O/c1-2-6-9-8(4-1)5-3-7-10-9/h2,4,6H,3,5,7H2. The Morgan fingerprint density at radius 3 is 3.40 bits per heavy atom. The van der Waals surface area contributed by atoms with Crippen molar-refractivity contribution in [1.29, 1.82) is 0 Å². The van der Waals surface area contributed by atoms with Crippen LogP contribution in [-0.4, -0.2) is 6.61 Å². The molecule has 0 amide bonds. The van der Waals surface area contributed by atoms with Crippen molar-refractivity contribution in [2.75, 3.05) is 6.61 Å². The van der Waals surface area contributed by atoms with Crippen molar-refractivity contribution in [1.82, 2.24) is 0 Å². The van der Waals surface area contributed by atoms with E-state index in [1.807, 2.05) is 18.2 Å². The fourth-order valence-corrected chi connectivity index (χ4v) is 1.23. The summed E-state index contributed by atoms with van der Waals surface area (Å²) in [7, 11) is 0. The molecule has 0 aromatic heterocycles. The molecular formula is C9H9O. The van der Waals surface area contributed by atoms with Crippen molar-refractivity contribution in [2.45, 2.75) is 12.8 Å². The van der Waals surface area contributed by atoms with Gasteiger partial charge in [-0.25, -0.2) is 0 Å². The van der Waals surface area contributed by atoms with E-state index in [-0.39, 0.29) is 0 Å². The number of rotatable bonds is 0. The van der Waals surface area contributed by atoms with E-state index in [9.17, 15) is 0 Å². The van der Waals surface area contributed by atoms with Crippen LogP contribution in [0.1, 0.15) is 12.0 Å². The van der Waals surface area contributed by atoms with Crippen LogP contribution in [0.25, 0.3) is 0 Å². The minimum Gasteiger partial charge on any atom is -0.493 e. The lowest BCUT2D eigenvalue weighted by atomic mass is 10.1. The molecule has 1 aliphatic rings. The zero-order chi connectivity index (χ0) is 6.81. The van der Waals surface area contributed by atoms with Crippen molar-refractivity contribution in [3.63, 3.8) is 0 Å². The lowest BCUT2D eigenvalue weighted by Crippen LogP contribution is -2.07. The van der Waals surface area contributed by atoms with Gasteiger partial charge < -0.3 is 4.74 Å². The molecule has 1 radical (unpaired) electrons. The van der Waals surface area contributed by atoms with Crippen LogP contribution in [0.4, 0.5) is 0 Å². The number of hydrogen-bond acceptors (Lipinski definition) is 1. The molecule has 0 N–H and O–H groups in total. The smallest absolute Gasteiger partial charge is 0.122 e. The van der Waals surface area contributed by atoms with Crippen molar-refractivity contribution in [3.8, 4) is 5.75 Å². The second-order valence-corrected chi connectivity index (χ2v) is 2.49. The van der Waals surface area contributed by atoms with Gasteiger partial charge in [0, 0.05) is 0 Å². The van der Waals surface area contributed by atoms with Gasteiger partial charge in [0.05, 0.1) is 6.61 Å². The highest BCUT2D eigenvalue weighted by Gasteiger charge is 2.07. The Bertz CT molecular complexity index is 205. The van der Waals surface area contributed by atoms with Crippen LogP contribution in [0.15, 0.2) is 18.2 Å². The van der Waals surface area contributed by atoms with Gasteiger partial charge in [-0.1, -0.05) is 6.07 Å². The molecule has 1 aliphatic heterocycles. The quantitative estimate of drug-likeness (QED) is 0.524. The summed E-state index contributed by atoms with van der Waals surface area (Å²) in [6.45, 7) is 0.872. The van der Waals surface area contributed by atoms with E-state index < -0.39 is 0 Å². The SMILES string of the molecule is [c]1ccc2c(c1)CCCO2. The summed E-state index contributed by atoms with van der Waals surface area (Å²) < 4.78 is 5.40. The Labute approximate surface area is 60.6 Å². The molecule has 2 rings (SSSR count). The summed E-state index contributed by atoms with van der Waals surface area (Å²) in [4.78, 5) is 0. The van der Waals surface area contributed by atoms with Crippen LogP contribution in [0.3, 0.4) is 0 Å². The summed E-state index contributed by atoms with van der Waals surface area (Å²) in [5, 5.41) is 0. The topological polar surface area (TPSA) is 9.23 Å². The Hall–Kier alpha value is -0.980. The molecule has 0 fully saturated rings. The third kappa shape index (κ3) is 0.878. The first kappa shape index (κ1) is 5.78. The summed E-state index contributed by atoms with van der Waals surface area (Å²) in [6.07, 6.45) is 2.29. The summed E-state index contributed by atoms with van der Waals surface area (Å²) in [5.74, 6) is 1.05. The second-order valence-electron chi connectivity index (χ2n) is 2.49. The van der Waals surface area contributed by atoms with E-state index in [1.165, 1.54) is 5.56 Å². The fraction of sp³-hybridized carbons (Fsp3) is 0.333. The lowest BCUT2D eigenvalue weighted by Gasteiger charge is -2.15. The van der Waals surface area contributed by atoms with E-state index >= 15 is 0 Å². The molecule has 0 spiro atoms. The lowest BCUT2D eigenvalue weighted by molar-refractivity contribution is 0.288. The van der Waals surface area contributed by atoms with Gasteiger partial charge in [0.25, 0.3) is 0 Å². The van der Waals surface area contributed by atoms with Crippen molar-refractivity contribution >= 4 is 0 Å². The fourth-order valence-electron chi connectivity index (χ4n) is 1.23. The normalized spacial score (nSPS) is 15.6. The maximum atomic E-state index is 5.40. The predicted molar refractivity (Wildman–Crippen MR) is 39.1 cm³/mol. The van der Waals surface area contributed by atoms with Gasteiger partial charge in [0.15, 0.2) is 0 Å². The summed E-state index contributed by atoms with van der Waals surface area (Å²) in [6, 6.07) is 8.92. The molecule has 0 unspecified atom stereocenters. The maximum Gasteiger partial charge on any atom is 0.122 e. The van der Waals surface area contributed by atoms with Crippen molar-refractivity contribution in [3.05, 3.63) is 29.8 Å². The zero-order valence-corrected chi connectivity index (χ0v) is 5.76. The van der Waals surface area contributed by atoms with E-state index in [0.29, 0.717) is 0 Å². The Morgan fingerprint density at radius 2 is 2.50 bits per heavy atom. The molecule has 0 aliphatic carbocycles. The van der Waals surface area contributed by atoms with E-state index in [2.05, 4.69) is 6.07 Å².